The molecule has 2 atom stereocenters. The van der Waals surface area contributed by atoms with E-state index in [-0.39, 0.29) is 0 Å². The first-order chi connectivity index (χ1) is 10.2. The number of rotatable bonds is 7. The Morgan fingerprint density at radius 1 is 1.38 bits per heavy atom. The topological polar surface area (TPSA) is 33.7 Å². The van der Waals surface area contributed by atoms with Crippen LogP contribution in [0, 0.1) is 0 Å². The number of ether oxygens (including phenoxy) is 2. The molecule has 0 bridgehead atoms. The summed E-state index contributed by atoms with van der Waals surface area (Å²) in [7, 11) is 1.71. The van der Waals surface area contributed by atoms with Crippen molar-refractivity contribution >= 4 is 0 Å². The number of methoxy groups -OCH3 is 1. The lowest BCUT2D eigenvalue weighted by atomic mass is 10.1. The maximum Gasteiger partial charge on any atom is 0.118 e. The molecule has 0 saturated carbocycles. The van der Waals surface area contributed by atoms with Gasteiger partial charge in [-0.1, -0.05) is 19.1 Å². The zero-order valence-electron chi connectivity index (χ0n) is 13.5. The van der Waals surface area contributed by atoms with Crippen molar-refractivity contribution in [3.63, 3.8) is 0 Å². The molecule has 1 aliphatic heterocycles. The Hall–Kier alpha value is -1.10. The normalized spacial score (nSPS) is 21.2. The van der Waals surface area contributed by atoms with Gasteiger partial charge in [0.25, 0.3) is 0 Å². The van der Waals surface area contributed by atoms with Crippen molar-refractivity contribution in [3.8, 4) is 5.75 Å². The zero-order valence-corrected chi connectivity index (χ0v) is 13.5. The smallest absolute Gasteiger partial charge is 0.118 e. The second-order valence-electron chi connectivity index (χ2n) is 5.72. The Morgan fingerprint density at radius 2 is 2.14 bits per heavy atom. The molecule has 1 fully saturated rings. The van der Waals surface area contributed by atoms with Crippen LogP contribution >= 0.6 is 0 Å². The van der Waals surface area contributed by atoms with Crippen LogP contribution in [0.1, 0.15) is 31.9 Å². The van der Waals surface area contributed by atoms with Crippen molar-refractivity contribution in [1.29, 1.82) is 0 Å². The van der Waals surface area contributed by atoms with Crippen LogP contribution in [0.5, 0.6) is 5.75 Å². The standard InChI is InChI=1S/C17H28N2O2/c1-4-9-18-17(13-19-10-11-21-14(2)12-19)15-5-7-16(20-3)8-6-15/h5-8,14,17-18H,4,9-13H2,1-3H3. The average molecular weight is 292 g/mol. The summed E-state index contributed by atoms with van der Waals surface area (Å²) >= 11 is 0. The van der Waals surface area contributed by atoms with E-state index < -0.39 is 0 Å². The Labute approximate surface area is 128 Å². The minimum atomic E-state index is 0.335. The van der Waals surface area contributed by atoms with Crippen LogP contribution in [-0.2, 0) is 4.74 Å². The number of benzene rings is 1. The molecule has 21 heavy (non-hydrogen) atoms. The second kappa shape index (κ2) is 8.37. The van der Waals surface area contributed by atoms with Gasteiger partial charge in [-0.25, -0.2) is 0 Å². The molecule has 1 N–H and O–H groups in total. The van der Waals surface area contributed by atoms with E-state index in [4.69, 9.17) is 9.47 Å². The van der Waals surface area contributed by atoms with Crippen LogP contribution in [0.25, 0.3) is 0 Å². The molecule has 0 aromatic heterocycles. The lowest BCUT2D eigenvalue weighted by molar-refractivity contribution is -0.0211. The molecular formula is C17H28N2O2. The molecule has 1 aliphatic rings. The molecule has 0 radical (unpaired) electrons. The quantitative estimate of drug-likeness (QED) is 0.837. The Morgan fingerprint density at radius 3 is 2.76 bits per heavy atom. The van der Waals surface area contributed by atoms with Crippen LogP contribution in [0.3, 0.4) is 0 Å². The van der Waals surface area contributed by atoms with E-state index in [9.17, 15) is 0 Å². The van der Waals surface area contributed by atoms with E-state index in [0.717, 1.165) is 45.0 Å². The summed E-state index contributed by atoms with van der Waals surface area (Å²) in [6.45, 7) is 9.29. The van der Waals surface area contributed by atoms with Crippen molar-refractivity contribution in [1.82, 2.24) is 10.2 Å². The fraction of sp³-hybridized carbons (Fsp3) is 0.647. The summed E-state index contributed by atoms with van der Waals surface area (Å²) in [6, 6.07) is 8.77. The highest BCUT2D eigenvalue weighted by Gasteiger charge is 2.21. The minimum absolute atomic E-state index is 0.335. The summed E-state index contributed by atoms with van der Waals surface area (Å²) < 4.78 is 10.9. The predicted octanol–water partition coefficient (Wildman–Crippen LogP) is 2.46. The van der Waals surface area contributed by atoms with Crippen LogP contribution in [0.2, 0.25) is 0 Å². The largest absolute Gasteiger partial charge is 0.497 e. The van der Waals surface area contributed by atoms with E-state index in [2.05, 4.69) is 36.2 Å². The van der Waals surface area contributed by atoms with Gasteiger partial charge in [-0.05, 0) is 37.6 Å². The third-order valence-electron chi connectivity index (χ3n) is 3.92. The SMILES string of the molecule is CCCNC(CN1CCOC(C)C1)c1ccc(OC)cc1. The van der Waals surface area contributed by atoms with Gasteiger partial charge in [0.2, 0.25) is 0 Å². The number of morpholine rings is 1. The van der Waals surface area contributed by atoms with Crippen LogP contribution in [-0.4, -0.2) is 50.9 Å². The lowest BCUT2D eigenvalue weighted by Gasteiger charge is -2.34. The molecule has 1 aromatic carbocycles. The molecule has 0 spiro atoms. The third-order valence-corrected chi connectivity index (χ3v) is 3.92. The summed E-state index contributed by atoms with van der Waals surface area (Å²) in [4.78, 5) is 2.49. The molecule has 1 heterocycles. The van der Waals surface area contributed by atoms with Crippen molar-refractivity contribution < 1.29 is 9.47 Å². The first kappa shape index (κ1) is 16.3. The zero-order chi connectivity index (χ0) is 15.1. The van der Waals surface area contributed by atoms with Gasteiger partial charge in [0, 0.05) is 25.7 Å². The van der Waals surface area contributed by atoms with E-state index in [1.54, 1.807) is 7.11 Å². The summed E-state index contributed by atoms with van der Waals surface area (Å²) in [5, 5.41) is 3.66. The van der Waals surface area contributed by atoms with Crippen LogP contribution in [0.4, 0.5) is 0 Å². The van der Waals surface area contributed by atoms with E-state index in [1.807, 2.05) is 12.1 Å². The Bertz CT molecular complexity index is 408. The molecule has 4 heteroatoms. The van der Waals surface area contributed by atoms with Crippen molar-refractivity contribution in [2.45, 2.75) is 32.4 Å². The Balaban J connectivity index is 2.01. The molecular weight excluding hydrogens is 264 g/mol. The first-order valence-corrected chi connectivity index (χ1v) is 7.94. The van der Waals surface area contributed by atoms with Gasteiger partial charge < -0.3 is 14.8 Å². The highest BCUT2D eigenvalue weighted by Crippen LogP contribution is 2.20. The molecule has 1 aromatic rings. The van der Waals surface area contributed by atoms with Crippen molar-refractivity contribution in [3.05, 3.63) is 29.8 Å². The molecule has 118 valence electrons. The third kappa shape index (κ3) is 4.99. The molecule has 1 saturated heterocycles. The van der Waals surface area contributed by atoms with Crippen LogP contribution < -0.4 is 10.1 Å². The highest BCUT2D eigenvalue weighted by atomic mass is 16.5. The van der Waals surface area contributed by atoms with E-state index >= 15 is 0 Å². The maximum absolute atomic E-state index is 5.63. The highest BCUT2D eigenvalue weighted by molar-refractivity contribution is 5.29. The Kier molecular flexibility index (Phi) is 6.49. The predicted molar refractivity (Wildman–Crippen MR) is 85.9 cm³/mol. The number of hydrogen-bond donors (Lipinski definition) is 1. The number of nitrogens with zero attached hydrogens (tertiary/aromatic N) is 1. The van der Waals surface area contributed by atoms with Gasteiger partial charge in [0.1, 0.15) is 5.75 Å². The van der Waals surface area contributed by atoms with E-state index in [0.29, 0.717) is 12.1 Å². The fourth-order valence-electron chi connectivity index (χ4n) is 2.76. The molecule has 2 unspecified atom stereocenters. The molecule has 0 amide bonds. The minimum Gasteiger partial charge on any atom is -0.497 e. The number of nitrogens with one attached hydrogen (secondary N) is 1. The van der Waals surface area contributed by atoms with Crippen molar-refractivity contribution in [2.75, 3.05) is 39.9 Å². The van der Waals surface area contributed by atoms with Crippen molar-refractivity contribution in [2.24, 2.45) is 0 Å². The number of hydrogen-bond acceptors (Lipinski definition) is 4. The first-order valence-electron chi connectivity index (χ1n) is 7.94. The summed E-state index contributed by atoms with van der Waals surface area (Å²) in [6.07, 6.45) is 1.48. The lowest BCUT2D eigenvalue weighted by Crippen LogP contribution is -2.45. The van der Waals surface area contributed by atoms with E-state index in [1.165, 1.54) is 5.56 Å². The van der Waals surface area contributed by atoms with Gasteiger partial charge >= 0.3 is 0 Å². The van der Waals surface area contributed by atoms with Gasteiger partial charge in [-0.2, -0.15) is 0 Å². The molecule has 2 rings (SSSR count). The maximum atomic E-state index is 5.63. The summed E-state index contributed by atoms with van der Waals surface area (Å²) in [5.41, 5.74) is 1.32. The average Bonchev–Trinajstić information content (AvgIpc) is 2.51. The summed E-state index contributed by atoms with van der Waals surface area (Å²) in [5.74, 6) is 0.910. The molecule has 0 aliphatic carbocycles. The van der Waals surface area contributed by atoms with Gasteiger partial charge in [-0.15, -0.1) is 0 Å². The van der Waals surface area contributed by atoms with Gasteiger partial charge in [-0.3, -0.25) is 4.90 Å². The second-order valence-corrected chi connectivity index (χ2v) is 5.72. The fourth-order valence-corrected chi connectivity index (χ4v) is 2.76. The monoisotopic (exact) mass is 292 g/mol. The molecule has 4 nitrogen and oxygen atoms in total. The van der Waals surface area contributed by atoms with Gasteiger partial charge in [0.15, 0.2) is 0 Å². The van der Waals surface area contributed by atoms with Crippen LogP contribution in [0.15, 0.2) is 24.3 Å². The van der Waals surface area contributed by atoms with Gasteiger partial charge in [0.05, 0.1) is 19.8 Å².